The van der Waals surface area contributed by atoms with Crippen LogP contribution in [-0.2, 0) is 30.7 Å². The maximum Gasteiger partial charge on any atom is 0.353 e. The van der Waals surface area contributed by atoms with E-state index in [4.69, 9.17) is 14.0 Å². The largest absolute Gasteiger partial charge is 0.497 e. The number of benzene rings is 3. The number of imidazole rings is 1. The predicted molar refractivity (Wildman–Crippen MR) is 188 cm³/mol. The summed E-state index contributed by atoms with van der Waals surface area (Å²) in [4.78, 5) is 36.0. The summed E-state index contributed by atoms with van der Waals surface area (Å²) in [6, 6.07) is 28.2. The van der Waals surface area contributed by atoms with E-state index in [2.05, 4.69) is 44.5 Å². The summed E-state index contributed by atoms with van der Waals surface area (Å²) in [6.45, 7) is 5.88. The Morgan fingerprint density at radius 2 is 1.52 bits per heavy atom. The summed E-state index contributed by atoms with van der Waals surface area (Å²) in [6.07, 6.45) is 2.65. The molecule has 0 radical (unpaired) electrons. The van der Waals surface area contributed by atoms with E-state index < -0.39 is 24.9 Å². The fourth-order valence-electron chi connectivity index (χ4n) is 5.16. The van der Waals surface area contributed by atoms with Crippen LogP contribution in [0.3, 0.4) is 0 Å². The van der Waals surface area contributed by atoms with Gasteiger partial charge in [-0.2, -0.15) is 0 Å². The molecule has 3 aromatic carbocycles. The normalized spacial score (nSPS) is 13.3. The van der Waals surface area contributed by atoms with Crippen LogP contribution in [0.1, 0.15) is 37.5 Å². The highest BCUT2D eigenvalue weighted by Gasteiger charge is 2.37. The molecule has 1 unspecified atom stereocenters. The van der Waals surface area contributed by atoms with Gasteiger partial charge in [0.05, 0.1) is 26.7 Å². The number of rotatable bonds is 15. The van der Waals surface area contributed by atoms with Crippen LogP contribution in [0, 0.1) is 5.41 Å². The van der Waals surface area contributed by atoms with Crippen LogP contribution in [0.4, 0.5) is 5.82 Å². The highest BCUT2D eigenvalue weighted by atomic mass is 32.2. The van der Waals surface area contributed by atoms with E-state index in [1.807, 2.05) is 81.4 Å². The lowest BCUT2D eigenvalue weighted by atomic mass is 9.77. The number of carbonyl (C=O) groups is 1. The summed E-state index contributed by atoms with van der Waals surface area (Å²) in [5, 5.41) is 3.75. The Kier molecular flexibility index (Phi) is 11.3. The van der Waals surface area contributed by atoms with Crippen molar-refractivity contribution in [1.82, 2.24) is 19.5 Å². The quantitative estimate of drug-likeness (QED) is 0.0688. The van der Waals surface area contributed by atoms with E-state index in [0.717, 1.165) is 34.2 Å². The van der Waals surface area contributed by atoms with E-state index in [9.17, 15) is 14.3 Å². The third kappa shape index (κ3) is 8.32. The van der Waals surface area contributed by atoms with Gasteiger partial charge < -0.3 is 28.8 Å². The highest BCUT2D eigenvalue weighted by Crippen LogP contribution is 2.42. The lowest BCUT2D eigenvalue weighted by Gasteiger charge is -2.37. The highest BCUT2D eigenvalue weighted by molar-refractivity contribution is 8.13. The Morgan fingerprint density at radius 3 is 2.12 bits per heavy atom. The van der Waals surface area contributed by atoms with Gasteiger partial charge in [0.2, 0.25) is 0 Å². The van der Waals surface area contributed by atoms with Crippen molar-refractivity contribution < 1.29 is 28.3 Å². The summed E-state index contributed by atoms with van der Waals surface area (Å²) in [7, 11) is -2.35. The number of ether oxygens (including phenoxy) is 2. The third-order valence-corrected chi connectivity index (χ3v) is 9.94. The Hall–Kier alpha value is -4.06. The van der Waals surface area contributed by atoms with Crippen molar-refractivity contribution in [2.75, 3.05) is 37.7 Å². The molecule has 0 bridgehead atoms. The van der Waals surface area contributed by atoms with Crippen molar-refractivity contribution in [2.24, 2.45) is 5.41 Å². The molecule has 5 aromatic rings. The zero-order valence-electron chi connectivity index (χ0n) is 27.4. The van der Waals surface area contributed by atoms with E-state index in [0.29, 0.717) is 23.5 Å². The van der Waals surface area contributed by atoms with Gasteiger partial charge in [-0.3, -0.25) is 9.36 Å². The Labute approximate surface area is 284 Å². The molecule has 2 heterocycles. The molecule has 0 aliphatic heterocycles. The molecule has 2 N–H and O–H groups in total. The van der Waals surface area contributed by atoms with Gasteiger partial charge in [0, 0.05) is 17.7 Å². The molecule has 0 aliphatic carbocycles. The van der Waals surface area contributed by atoms with Crippen LogP contribution < -0.4 is 10.1 Å². The molecular formula is C35H40N5O6PS. The van der Waals surface area contributed by atoms with Gasteiger partial charge in [0.15, 0.2) is 16.6 Å². The van der Waals surface area contributed by atoms with Crippen molar-refractivity contribution in [1.29, 1.82) is 0 Å². The van der Waals surface area contributed by atoms with Crippen LogP contribution >= 0.6 is 19.4 Å². The van der Waals surface area contributed by atoms with Crippen LogP contribution in [0.25, 0.3) is 11.2 Å². The SMILES string of the molecule is COc1ccc(C(Nc2ncnc3c2ncn3CCOCP(=O)(O)OCCSC(=O)C(C)(C)C)(c2ccccc2)c2ccccc2)cc1. The van der Waals surface area contributed by atoms with E-state index in [1.54, 1.807) is 18.0 Å². The molecule has 252 valence electrons. The Bertz CT molecular complexity index is 1810. The molecule has 11 nitrogen and oxygen atoms in total. The minimum atomic E-state index is -3.99. The number of nitrogens with one attached hydrogen (secondary N) is 1. The maximum absolute atomic E-state index is 12.5. The van der Waals surface area contributed by atoms with Crippen LogP contribution in [0.5, 0.6) is 5.75 Å². The van der Waals surface area contributed by atoms with Crippen molar-refractivity contribution in [3.8, 4) is 5.75 Å². The van der Waals surface area contributed by atoms with Crippen LogP contribution in [0.15, 0.2) is 97.6 Å². The van der Waals surface area contributed by atoms with Gasteiger partial charge in [-0.15, -0.1) is 0 Å². The van der Waals surface area contributed by atoms with Gasteiger partial charge in [-0.1, -0.05) is 105 Å². The first-order valence-corrected chi connectivity index (χ1v) is 18.2. The summed E-state index contributed by atoms with van der Waals surface area (Å²) < 4.78 is 30.4. The van der Waals surface area contributed by atoms with Crippen molar-refractivity contribution in [2.45, 2.75) is 32.9 Å². The topological polar surface area (TPSA) is 138 Å². The minimum Gasteiger partial charge on any atom is -0.497 e. The van der Waals surface area contributed by atoms with Crippen LogP contribution in [0.2, 0.25) is 0 Å². The number of nitrogens with zero attached hydrogens (tertiary/aromatic N) is 4. The third-order valence-electron chi connectivity index (χ3n) is 7.60. The number of methoxy groups -OCH3 is 1. The van der Waals surface area contributed by atoms with E-state index in [-0.39, 0.29) is 24.1 Å². The van der Waals surface area contributed by atoms with Gasteiger partial charge in [0.1, 0.15) is 29.5 Å². The summed E-state index contributed by atoms with van der Waals surface area (Å²) in [5.74, 6) is 1.56. The fraction of sp³-hybridized carbons (Fsp3) is 0.314. The van der Waals surface area contributed by atoms with Crippen LogP contribution in [-0.4, -0.2) is 62.0 Å². The molecule has 0 amide bonds. The number of aromatic nitrogens is 4. The van der Waals surface area contributed by atoms with Gasteiger partial charge >= 0.3 is 7.60 Å². The average Bonchev–Trinajstić information content (AvgIpc) is 3.51. The molecule has 1 atom stereocenters. The molecule has 0 spiro atoms. The second kappa shape index (κ2) is 15.4. The molecule has 0 aliphatic rings. The first-order valence-electron chi connectivity index (χ1n) is 15.4. The van der Waals surface area contributed by atoms with E-state index in [1.165, 1.54) is 6.33 Å². The monoisotopic (exact) mass is 689 g/mol. The molecule has 13 heteroatoms. The first-order chi connectivity index (χ1) is 23.0. The Balaban J connectivity index is 1.34. The van der Waals surface area contributed by atoms with Crippen molar-refractivity contribution in [3.63, 3.8) is 0 Å². The van der Waals surface area contributed by atoms with Gasteiger partial charge in [-0.05, 0) is 28.8 Å². The van der Waals surface area contributed by atoms with Crippen molar-refractivity contribution >= 4 is 41.5 Å². The second-order valence-corrected chi connectivity index (χ2v) is 14.9. The molecule has 2 aromatic heterocycles. The number of thioether (sulfide) groups is 1. The number of carbonyl (C=O) groups excluding carboxylic acids is 1. The zero-order valence-corrected chi connectivity index (χ0v) is 29.1. The minimum absolute atomic E-state index is 0.00333. The summed E-state index contributed by atoms with van der Waals surface area (Å²) >= 11 is 1.08. The lowest BCUT2D eigenvalue weighted by molar-refractivity contribution is -0.117. The smallest absolute Gasteiger partial charge is 0.353 e. The van der Waals surface area contributed by atoms with Gasteiger partial charge in [0.25, 0.3) is 0 Å². The molecular weight excluding hydrogens is 649 g/mol. The maximum atomic E-state index is 12.5. The summed E-state index contributed by atoms with van der Waals surface area (Å²) in [5.41, 5.74) is 2.75. The number of anilines is 1. The molecule has 0 fully saturated rings. The first kappa shape index (κ1) is 35.3. The second-order valence-electron chi connectivity index (χ2n) is 12.1. The standard InChI is InChI=1S/C35H40N5O6PS/c1-34(2,3)33(41)48-22-21-46-47(42,43)25-45-20-19-40-24-38-30-31(36-23-37-32(30)40)39-35(26-11-7-5-8-12-26,27-13-9-6-10-14-27)28-15-17-29(44-4)18-16-28/h5-18,23-24H,19-22,25H2,1-4H3,(H,42,43)(H,36,37,39). The van der Waals surface area contributed by atoms with Crippen molar-refractivity contribution in [3.05, 3.63) is 114 Å². The molecule has 48 heavy (non-hydrogen) atoms. The number of hydrogen-bond acceptors (Lipinski definition) is 10. The Morgan fingerprint density at radius 1 is 0.896 bits per heavy atom. The lowest BCUT2D eigenvalue weighted by Crippen LogP contribution is -2.38. The number of hydrogen-bond donors (Lipinski definition) is 2. The molecule has 5 rings (SSSR count). The number of fused-ring (bicyclic) bond motifs is 1. The fourth-order valence-corrected chi connectivity index (χ4v) is 6.88. The van der Waals surface area contributed by atoms with Gasteiger partial charge in [-0.25, -0.2) is 15.0 Å². The van der Waals surface area contributed by atoms with E-state index >= 15 is 0 Å². The predicted octanol–water partition coefficient (Wildman–Crippen LogP) is 6.72. The molecule has 0 saturated carbocycles. The average molecular weight is 690 g/mol. The zero-order chi connectivity index (χ0) is 34.2. The molecule has 0 saturated heterocycles.